The molecule has 0 aliphatic carbocycles. The monoisotopic (exact) mass is 300 g/mol. The number of aryl methyl sites for hydroxylation is 3. The number of carbonyl (C=O) groups is 1. The third-order valence-corrected chi connectivity index (χ3v) is 4.16. The molecular weight excluding hydrogens is 280 g/mol. The first-order valence-electron chi connectivity index (χ1n) is 7.61. The normalized spacial score (nSPS) is 17.6. The van der Waals surface area contributed by atoms with Gasteiger partial charge in [-0.3, -0.25) is 9.78 Å². The van der Waals surface area contributed by atoms with E-state index in [4.69, 9.17) is 0 Å². The van der Waals surface area contributed by atoms with Crippen LogP contribution in [0.1, 0.15) is 47.8 Å². The summed E-state index contributed by atoms with van der Waals surface area (Å²) in [5.41, 5.74) is 3.15. The smallest absolute Gasteiger partial charge is 0.231 e. The number of rotatable bonds is 3. The van der Waals surface area contributed by atoms with E-state index in [9.17, 15) is 4.79 Å². The first-order chi connectivity index (χ1) is 10.6. The third kappa shape index (κ3) is 2.98. The van der Waals surface area contributed by atoms with Crippen LogP contribution in [0.2, 0.25) is 0 Å². The highest BCUT2D eigenvalue weighted by Crippen LogP contribution is 2.24. The van der Waals surface area contributed by atoms with Gasteiger partial charge in [0.05, 0.1) is 5.92 Å². The average Bonchev–Trinajstić information content (AvgIpc) is 2.87. The molecule has 2 aromatic heterocycles. The SMILES string of the molecule is Cc1cc(CNC(=O)[C@@H]2CCCCn3nnnc32)cnc1C. The summed E-state index contributed by atoms with van der Waals surface area (Å²) in [6.07, 6.45) is 4.59. The minimum atomic E-state index is -0.267. The van der Waals surface area contributed by atoms with E-state index in [2.05, 4.69) is 31.9 Å². The summed E-state index contributed by atoms with van der Waals surface area (Å²) in [7, 11) is 0. The first kappa shape index (κ1) is 14.6. The van der Waals surface area contributed by atoms with Crippen molar-refractivity contribution < 1.29 is 4.79 Å². The molecule has 0 spiro atoms. The lowest BCUT2D eigenvalue weighted by atomic mass is 10.0. The van der Waals surface area contributed by atoms with E-state index in [0.29, 0.717) is 12.4 Å². The van der Waals surface area contributed by atoms with Gasteiger partial charge in [-0.25, -0.2) is 4.68 Å². The molecule has 1 aliphatic rings. The Hall–Kier alpha value is -2.31. The molecule has 3 rings (SSSR count). The molecule has 3 heterocycles. The Balaban J connectivity index is 1.68. The van der Waals surface area contributed by atoms with Crippen LogP contribution >= 0.6 is 0 Å². The maximum Gasteiger partial charge on any atom is 0.231 e. The van der Waals surface area contributed by atoms with Crippen LogP contribution in [0.4, 0.5) is 0 Å². The molecule has 0 bridgehead atoms. The Labute approximate surface area is 129 Å². The van der Waals surface area contributed by atoms with E-state index in [1.54, 1.807) is 10.9 Å². The molecule has 22 heavy (non-hydrogen) atoms. The number of aromatic nitrogens is 5. The van der Waals surface area contributed by atoms with Crippen molar-refractivity contribution in [3.63, 3.8) is 0 Å². The average molecular weight is 300 g/mol. The van der Waals surface area contributed by atoms with Crippen molar-refractivity contribution in [1.82, 2.24) is 30.5 Å². The summed E-state index contributed by atoms with van der Waals surface area (Å²) >= 11 is 0. The van der Waals surface area contributed by atoms with E-state index in [-0.39, 0.29) is 11.8 Å². The van der Waals surface area contributed by atoms with Gasteiger partial charge in [0.15, 0.2) is 5.82 Å². The van der Waals surface area contributed by atoms with Crippen LogP contribution in [0.5, 0.6) is 0 Å². The molecule has 7 heteroatoms. The fourth-order valence-electron chi connectivity index (χ4n) is 2.72. The topological polar surface area (TPSA) is 85.6 Å². The lowest BCUT2D eigenvalue weighted by molar-refractivity contribution is -0.123. The van der Waals surface area contributed by atoms with Crippen LogP contribution < -0.4 is 5.32 Å². The Morgan fingerprint density at radius 1 is 1.41 bits per heavy atom. The van der Waals surface area contributed by atoms with Gasteiger partial charge >= 0.3 is 0 Å². The van der Waals surface area contributed by atoms with Crippen molar-refractivity contribution in [3.8, 4) is 0 Å². The zero-order valence-corrected chi connectivity index (χ0v) is 12.9. The molecule has 0 saturated heterocycles. The van der Waals surface area contributed by atoms with Crippen LogP contribution in [0.15, 0.2) is 12.3 Å². The number of fused-ring (bicyclic) bond motifs is 1. The Morgan fingerprint density at radius 3 is 3.09 bits per heavy atom. The summed E-state index contributed by atoms with van der Waals surface area (Å²) < 4.78 is 1.74. The van der Waals surface area contributed by atoms with Crippen LogP contribution in [0.3, 0.4) is 0 Å². The first-order valence-corrected chi connectivity index (χ1v) is 7.61. The Bertz CT molecular complexity index is 680. The zero-order chi connectivity index (χ0) is 15.5. The molecule has 2 aromatic rings. The second kappa shape index (κ2) is 6.21. The van der Waals surface area contributed by atoms with Crippen LogP contribution in [-0.4, -0.2) is 31.1 Å². The summed E-state index contributed by atoms with van der Waals surface area (Å²) in [5.74, 6) is 0.390. The number of carbonyl (C=O) groups excluding carboxylic acids is 1. The van der Waals surface area contributed by atoms with E-state index < -0.39 is 0 Å². The van der Waals surface area contributed by atoms with Gasteiger partial charge in [-0.15, -0.1) is 5.10 Å². The lowest BCUT2D eigenvalue weighted by Gasteiger charge is -2.13. The summed E-state index contributed by atoms with van der Waals surface area (Å²) in [6, 6.07) is 2.06. The number of hydrogen-bond acceptors (Lipinski definition) is 5. The van der Waals surface area contributed by atoms with Crippen molar-refractivity contribution in [2.45, 2.75) is 52.1 Å². The molecule has 0 saturated carbocycles. The molecule has 0 unspecified atom stereocenters. The van der Waals surface area contributed by atoms with Gasteiger partial charge in [0.2, 0.25) is 5.91 Å². The quantitative estimate of drug-likeness (QED) is 0.922. The third-order valence-electron chi connectivity index (χ3n) is 4.16. The Kier molecular flexibility index (Phi) is 4.13. The molecule has 0 fully saturated rings. The predicted octanol–water partition coefficient (Wildman–Crippen LogP) is 1.27. The fourth-order valence-corrected chi connectivity index (χ4v) is 2.72. The van der Waals surface area contributed by atoms with Gasteiger partial charge in [-0.2, -0.15) is 0 Å². The molecule has 0 aromatic carbocycles. The van der Waals surface area contributed by atoms with Crippen molar-refractivity contribution in [3.05, 3.63) is 34.9 Å². The number of nitrogens with zero attached hydrogens (tertiary/aromatic N) is 5. The summed E-state index contributed by atoms with van der Waals surface area (Å²) in [6.45, 7) is 5.26. The second-order valence-electron chi connectivity index (χ2n) is 5.77. The highest BCUT2D eigenvalue weighted by Gasteiger charge is 2.28. The van der Waals surface area contributed by atoms with Crippen LogP contribution in [-0.2, 0) is 17.9 Å². The molecule has 116 valence electrons. The van der Waals surface area contributed by atoms with Gasteiger partial charge < -0.3 is 5.32 Å². The van der Waals surface area contributed by atoms with Gasteiger partial charge in [0.25, 0.3) is 0 Å². The van der Waals surface area contributed by atoms with Crippen molar-refractivity contribution >= 4 is 5.91 Å². The van der Waals surface area contributed by atoms with Crippen molar-refractivity contribution in [1.29, 1.82) is 0 Å². The number of amides is 1. The highest BCUT2D eigenvalue weighted by molar-refractivity contribution is 5.82. The molecule has 1 amide bonds. The highest BCUT2D eigenvalue weighted by atomic mass is 16.1. The number of tetrazole rings is 1. The fraction of sp³-hybridized carbons (Fsp3) is 0.533. The van der Waals surface area contributed by atoms with E-state index >= 15 is 0 Å². The minimum absolute atomic E-state index is 0.0174. The standard InChI is InChI=1S/C15H20N6O/c1-10-7-12(8-16-11(10)2)9-17-15(22)13-5-3-4-6-21-14(13)18-19-20-21/h7-8,13H,3-6,9H2,1-2H3,(H,17,22)/t13-/m1/s1. The van der Waals surface area contributed by atoms with Gasteiger partial charge in [0.1, 0.15) is 0 Å². The number of hydrogen-bond donors (Lipinski definition) is 1. The number of pyridine rings is 1. The molecule has 7 nitrogen and oxygen atoms in total. The minimum Gasteiger partial charge on any atom is -0.351 e. The summed E-state index contributed by atoms with van der Waals surface area (Å²) in [5, 5.41) is 14.7. The molecular formula is C15H20N6O. The predicted molar refractivity (Wildman–Crippen MR) is 80.0 cm³/mol. The van der Waals surface area contributed by atoms with Gasteiger partial charge in [-0.1, -0.05) is 12.5 Å². The molecule has 0 radical (unpaired) electrons. The van der Waals surface area contributed by atoms with Crippen molar-refractivity contribution in [2.24, 2.45) is 0 Å². The van der Waals surface area contributed by atoms with Crippen LogP contribution in [0.25, 0.3) is 0 Å². The number of nitrogens with one attached hydrogen (secondary N) is 1. The van der Waals surface area contributed by atoms with E-state index in [1.165, 1.54) is 0 Å². The van der Waals surface area contributed by atoms with Gasteiger partial charge in [-0.05, 0) is 48.2 Å². The molecule has 1 aliphatic heterocycles. The second-order valence-corrected chi connectivity index (χ2v) is 5.77. The maximum atomic E-state index is 12.5. The van der Waals surface area contributed by atoms with Gasteiger partial charge in [0, 0.05) is 25.0 Å². The maximum absolute atomic E-state index is 12.5. The lowest BCUT2D eigenvalue weighted by Crippen LogP contribution is -2.30. The zero-order valence-electron chi connectivity index (χ0n) is 12.9. The van der Waals surface area contributed by atoms with Crippen LogP contribution in [0, 0.1) is 13.8 Å². The molecule has 1 atom stereocenters. The van der Waals surface area contributed by atoms with E-state index in [1.807, 2.05) is 13.8 Å². The molecule has 1 N–H and O–H groups in total. The van der Waals surface area contributed by atoms with E-state index in [0.717, 1.165) is 42.6 Å². The summed E-state index contributed by atoms with van der Waals surface area (Å²) in [4.78, 5) is 16.8. The van der Waals surface area contributed by atoms with Crippen molar-refractivity contribution in [2.75, 3.05) is 0 Å². The Morgan fingerprint density at radius 2 is 2.27 bits per heavy atom. The largest absolute Gasteiger partial charge is 0.351 e.